The van der Waals surface area contributed by atoms with Gasteiger partial charge in [-0.25, -0.2) is 0 Å². The maximum absolute atomic E-state index is 5.43. The number of aryl methyl sites for hydroxylation is 1. The Labute approximate surface area is 102 Å². The Morgan fingerprint density at radius 1 is 1.29 bits per heavy atom. The molecule has 0 amide bonds. The lowest BCUT2D eigenvalue weighted by Gasteiger charge is -2.16. The normalized spacial score (nSPS) is 12.1. The van der Waals surface area contributed by atoms with E-state index in [1.807, 2.05) is 18.2 Å². The molecule has 2 heteroatoms. The second-order valence-corrected chi connectivity index (χ2v) is 4.10. The van der Waals surface area contributed by atoms with Gasteiger partial charge < -0.3 is 9.73 Å². The highest BCUT2D eigenvalue weighted by molar-refractivity contribution is 5.46. The van der Waals surface area contributed by atoms with E-state index >= 15 is 0 Å². The van der Waals surface area contributed by atoms with Crippen molar-refractivity contribution in [3.8, 4) is 0 Å². The van der Waals surface area contributed by atoms with Gasteiger partial charge in [0.25, 0.3) is 0 Å². The number of furan rings is 1. The van der Waals surface area contributed by atoms with E-state index in [1.54, 1.807) is 6.26 Å². The average molecular weight is 227 g/mol. The third-order valence-corrected chi connectivity index (χ3v) is 2.68. The van der Waals surface area contributed by atoms with Crippen molar-refractivity contribution in [2.75, 3.05) is 5.32 Å². The predicted molar refractivity (Wildman–Crippen MR) is 71.1 cm³/mol. The van der Waals surface area contributed by atoms with Gasteiger partial charge in [-0.2, -0.15) is 0 Å². The number of hydrogen-bond donors (Lipinski definition) is 1. The SMILES string of the molecule is C=CCC(Nc1ccc(C)cc1)c1ccco1. The van der Waals surface area contributed by atoms with Crippen molar-refractivity contribution in [2.24, 2.45) is 0 Å². The van der Waals surface area contributed by atoms with Crippen molar-refractivity contribution in [2.45, 2.75) is 19.4 Å². The molecule has 1 aromatic heterocycles. The number of hydrogen-bond acceptors (Lipinski definition) is 2. The zero-order valence-corrected chi connectivity index (χ0v) is 10.0. The van der Waals surface area contributed by atoms with E-state index in [0.717, 1.165) is 17.9 Å². The van der Waals surface area contributed by atoms with Gasteiger partial charge in [-0.1, -0.05) is 23.8 Å². The molecule has 0 aliphatic carbocycles. The molecule has 0 saturated heterocycles. The van der Waals surface area contributed by atoms with Crippen molar-refractivity contribution >= 4 is 5.69 Å². The van der Waals surface area contributed by atoms with Crippen molar-refractivity contribution in [1.82, 2.24) is 0 Å². The minimum atomic E-state index is 0.144. The van der Waals surface area contributed by atoms with Crippen LogP contribution >= 0.6 is 0 Å². The van der Waals surface area contributed by atoms with Crippen LogP contribution < -0.4 is 5.32 Å². The summed E-state index contributed by atoms with van der Waals surface area (Å²) in [5, 5.41) is 3.44. The molecule has 1 aromatic carbocycles. The van der Waals surface area contributed by atoms with Crippen LogP contribution in [-0.4, -0.2) is 0 Å². The lowest BCUT2D eigenvalue weighted by atomic mass is 10.1. The molecule has 0 fully saturated rings. The van der Waals surface area contributed by atoms with Crippen molar-refractivity contribution in [3.05, 3.63) is 66.6 Å². The van der Waals surface area contributed by atoms with Gasteiger partial charge in [-0.3, -0.25) is 0 Å². The van der Waals surface area contributed by atoms with Crippen LogP contribution in [-0.2, 0) is 0 Å². The predicted octanol–water partition coefficient (Wildman–Crippen LogP) is 4.32. The van der Waals surface area contributed by atoms with E-state index in [2.05, 4.69) is 43.1 Å². The van der Waals surface area contributed by atoms with E-state index in [0.29, 0.717) is 0 Å². The maximum Gasteiger partial charge on any atom is 0.126 e. The van der Waals surface area contributed by atoms with Gasteiger partial charge in [0.2, 0.25) is 0 Å². The molecule has 17 heavy (non-hydrogen) atoms. The molecule has 2 aromatic rings. The Morgan fingerprint density at radius 2 is 2.06 bits per heavy atom. The minimum absolute atomic E-state index is 0.144. The lowest BCUT2D eigenvalue weighted by Crippen LogP contribution is -2.08. The van der Waals surface area contributed by atoms with E-state index < -0.39 is 0 Å². The van der Waals surface area contributed by atoms with Gasteiger partial charge in [0, 0.05) is 5.69 Å². The van der Waals surface area contributed by atoms with Crippen LogP contribution in [0.3, 0.4) is 0 Å². The van der Waals surface area contributed by atoms with Crippen LogP contribution in [0.15, 0.2) is 59.7 Å². The summed E-state index contributed by atoms with van der Waals surface area (Å²) in [5.41, 5.74) is 2.35. The van der Waals surface area contributed by atoms with Crippen LogP contribution in [0.1, 0.15) is 23.8 Å². The Hall–Kier alpha value is -1.96. The van der Waals surface area contributed by atoms with E-state index in [9.17, 15) is 0 Å². The first-order chi connectivity index (χ1) is 8.29. The van der Waals surface area contributed by atoms with Gasteiger partial charge in [-0.05, 0) is 37.6 Å². The van der Waals surface area contributed by atoms with Crippen LogP contribution in [0.5, 0.6) is 0 Å². The molecule has 0 aliphatic rings. The highest BCUT2D eigenvalue weighted by Gasteiger charge is 2.12. The van der Waals surface area contributed by atoms with Crippen LogP contribution in [0.2, 0.25) is 0 Å². The van der Waals surface area contributed by atoms with Crippen molar-refractivity contribution in [1.29, 1.82) is 0 Å². The number of benzene rings is 1. The summed E-state index contributed by atoms with van der Waals surface area (Å²) < 4.78 is 5.43. The summed E-state index contributed by atoms with van der Waals surface area (Å²) in [5.74, 6) is 0.936. The molecule has 1 heterocycles. The second kappa shape index (κ2) is 5.39. The quantitative estimate of drug-likeness (QED) is 0.770. The highest BCUT2D eigenvalue weighted by atomic mass is 16.3. The second-order valence-electron chi connectivity index (χ2n) is 4.10. The third kappa shape index (κ3) is 3.00. The smallest absolute Gasteiger partial charge is 0.126 e. The van der Waals surface area contributed by atoms with Gasteiger partial charge in [0.1, 0.15) is 5.76 Å². The van der Waals surface area contributed by atoms with Crippen LogP contribution in [0.4, 0.5) is 5.69 Å². The van der Waals surface area contributed by atoms with Gasteiger partial charge in [0.15, 0.2) is 0 Å². The van der Waals surface area contributed by atoms with Gasteiger partial charge in [0.05, 0.1) is 12.3 Å². The molecule has 0 saturated carbocycles. The van der Waals surface area contributed by atoms with E-state index in [1.165, 1.54) is 5.56 Å². The molecule has 2 rings (SSSR count). The molecule has 0 bridgehead atoms. The summed E-state index contributed by atoms with van der Waals surface area (Å²) in [4.78, 5) is 0. The first kappa shape index (κ1) is 11.5. The fourth-order valence-electron chi connectivity index (χ4n) is 1.75. The Balaban J connectivity index is 2.13. The first-order valence-electron chi connectivity index (χ1n) is 5.77. The van der Waals surface area contributed by atoms with Crippen LogP contribution in [0.25, 0.3) is 0 Å². The maximum atomic E-state index is 5.43. The number of rotatable bonds is 5. The molecule has 0 aliphatic heterocycles. The minimum Gasteiger partial charge on any atom is -0.467 e. The lowest BCUT2D eigenvalue weighted by molar-refractivity contribution is 0.480. The molecular weight excluding hydrogens is 210 g/mol. The third-order valence-electron chi connectivity index (χ3n) is 2.68. The Bertz CT molecular complexity index is 456. The summed E-state index contributed by atoms with van der Waals surface area (Å²) in [6.45, 7) is 5.87. The molecule has 1 N–H and O–H groups in total. The largest absolute Gasteiger partial charge is 0.467 e. The summed E-state index contributed by atoms with van der Waals surface area (Å²) in [6, 6.07) is 12.4. The number of nitrogens with one attached hydrogen (secondary N) is 1. The summed E-state index contributed by atoms with van der Waals surface area (Å²) in [6.07, 6.45) is 4.43. The summed E-state index contributed by atoms with van der Waals surface area (Å²) in [7, 11) is 0. The van der Waals surface area contributed by atoms with Crippen LogP contribution in [0, 0.1) is 6.92 Å². The fourth-order valence-corrected chi connectivity index (χ4v) is 1.75. The van der Waals surface area contributed by atoms with Gasteiger partial charge >= 0.3 is 0 Å². The van der Waals surface area contributed by atoms with Crippen molar-refractivity contribution < 1.29 is 4.42 Å². The molecular formula is C15H17NO. The monoisotopic (exact) mass is 227 g/mol. The average Bonchev–Trinajstić information content (AvgIpc) is 2.85. The fraction of sp³-hybridized carbons (Fsp3) is 0.200. The topological polar surface area (TPSA) is 25.2 Å². The molecule has 1 unspecified atom stereocenters. The Kier molecular flexibility index (Phi) is 3.66. The number of anilines is 1. The highest BCUT2D eigenvalue weighted by Crippen LogP contribution is 2.23. The molecule has 0 radical (unpaired) electrons. The van der Waals surface area contributed by atoms with Gasteiger partial charge in [-0.15, -0.1) is 6.58 Å². The Morgan fingerprint density at radius 3 is 2.65 bits per heavy atom. The zero-order chi connectivity index (χ0) is 12.1. The molecule has 88 valence electrons. The molecule has 2 nitrogen and oxygen atoms in total. The van der Waals surface area contributed by atoms with E-state index in [4.69, 9.17) is 4.42 Å². The summed E-state index contributed by atoms with van der Waals surface area (Å²) >= 11 is 0. The van der Waals surface area contributed by atoms with Crippen molar-refractivity contribution in [3.63, 3.8) is 0 Å². The zero-order valence-electron chi connectivity index (χ0n) is 10.0. The standard InChI is InChI=1S/C15H17NO/c1-3-5-14(15-6-4-11-17-15)16-13-9-7-12(2)8-10-13/h3-4,6-11,14,16H,1,5H2,2H3. The van der Waals surface area contributed by atoms with E-state index in [-0.39, 0.29) is 6.04 Å². The molecule has 0 spiro atoms. The first-order valence-corrected chi connectivity index (χ1v) is 5.77. The molecule has 1 atom stereocenters.